The molecule has 20 heavy (non-hydrogen) atoms. The largest absolute Gasteiger partial charge is 0.481 e. The van der Waals surface area contributed by atoms with E-state index in [1.165, 1.54) is 24.6 Å². The third kappa shape index (κ3) is 3.10. The van der Waals surface area contributed by atoms with Gasteiger partial charge in [-0.2, -0.15) is 0 Å². The van der Waals surface area contributed by atoms with Crippen LogP contribution < -0.4 is 0 Å². The molecule has 6 heteroatoms. The average Bonchev–Trinajstić information content (AvgIpc) is 3.16. The van der Waals surface area contributed by atoms with Gasteiger partial charge in [0.1, 0.15) is 0 Å². The second kappa shape index (κ2) is 5.66. The first kappa shape index (κ1) is 13.8. The number of aryl methyl sites for hydroxylation is 1. The summed E-state index contributed by atoms with van der Waals surface area (Å²) in [5.74, 6) is 0.0262. The van der Waals surface area contributed by atoms with Crippen LogP contribution in [0.5, 0.6) is 0 Å². The summed E-state index contributed by atoms with van der Waals surface area (Å²) >= 11 is 7.33. The van der Waals surface area contributed by atoms with E-state index in [9.17, 15) is 4.79 Å². The Morgan fingerprint density at radius 1 is 1.50 bits per heavy atom. The number of imidazole rings is 1. The highest BCUT2D eigenvalue weighted by molar-refractivity contribution is 7.99. The topological polar surface area (TPSA) is 55.1 Å². The standard InChI is InChI=1S/C14H15ClN2O2S/c15-10-3-4-11-12(7-10)17(6-5-9-1-2-9)14(16-11)20-8-13(18)19/h3-4,7,9H,1-2,5-6,8H2,(H,18,19). The first-order valence-electron chi connectivity index (χ1n) is 6.64. The number of rotatable bonds is 6. The summed E-state index contributed by atoms with van der Waals surface area (Å²) in [7, 11) is 0. The molecule has 0 radical (unpaired) electrons. The van der Waals surface area contributed by atoms with Gasteiger partial charge in [0.2, 0.25) is 0 Å². The molecule has 0 atom stereocenters. The molecule has 1 heterocycles. The summed E-state index contributed by atoms with van der Waals surface area (Å²) < 4.78 is 2.10. The quantitative estimate of drug-likeness (QED) is 0.827. The van der Waals surface area contributed by atoms with Crippen molar-refractivity contribution in [1.29, 1.82) is 0 Å². The van der Waals surface area contributed by atoms with Crippen molar-refractivity contribution >= 4 is 40.4 Å². The number of hydrogen-bond acceptors (Lipinski definition) is 3. The Hall–Kier alpha value is -1.20. The second-order valence-corrected chi connectivity index (χ2v) is 6.47. The number of carbonyl (C=O) groups is 1. The second-order valence-electron chi connectivity index (χ2n) is 5.09. The number of aromatic nitrogens is 2. The molecule has 106 valence electrons. The molecule has 0 bridgehead atoms. The summed E-state index contributed by atoms with van der Waals surface area (Å²) in [4.78, 5) is 15.3. The fourth-order valence-electron chi connectivity index (χ4n) is 2.24. The van der Waals surface area contributed by atoms with E-state index in [1.807, 2.05) is 18.2 Å². The maximum Gasteiger partial charge on any atom is 0.313 e. The lowest BCUT2D eigenvalue weighted by atomic mass is 10.3. The highest BCUT2D eigenvalue weighted by Gasteiger charge is 2.22. The zero-order chi connectivity index (χ0) is 14.1. The van der Waals surface area contributed by atoms with Crippen LogP contribution in [0.4, 0.5) is 0 Å². The third-order valence-corrected chi connectivity index (χ3v) is 4.65. The van der Waals surface area contributed by atoms with Crippen molar-refractivity contribution in [3.05, 3.63) is 23.2 Å². The maximum absolute atomic E-state index is 10.8. The molecule has 0 amide bonds. The molecule has 2 aromatic rings. The van der Waals surface area contributed by atoms with Gasteiger partial charge in [-0.15, -0.1) is 0 Å². The van der Waals surface area contributed by atoms with Gasteiger partial charge in [0, 0.05) is 11.6 Å². The fraction of sp³-hybridized carbons (Fsp3) is 0.429. The Morgan fingerprint density at radius 3 is 3.00 bits per heavy atom. The van der Waals surface area contributed by atoms with Gasteiger partial charge in [0.05, 0.1) is 16.8 Å². The minimum absolute atomic E-state index is 0.0283. The summed E-state index contributed by atoms with van der Waals surface area (Å²) in [5, 5.41) is 10.3. The lowest BCUT2D eigenvalue weighted by Gasteiger charge is -2.07. The summed E-state index contributed by atoms with van der Waals surface area (Å²) in [6, 6.07) is 5.60. The number of nitrogens with zero attached hydrogens (tertiary/aromatic N) is 2. The van der Waals surface area contributed by atoms with Gasteiger partial charge >= 0.3 is 5.97 Å². The summed E-state index contributed by atoms with van der Waals surface area (Å²) in [5.41, 5.74) is 1.86. The molecule has 1 fully saturated rings. The smallest absolute Gasteiger partial charge is 0.313 e. The van der Waals surface area contributed by atoms with Gasteiger partial charge in [0.15, 0.2) is 5.16 Å². The minimum Gasteiger partial charge on any atom is -0.481 e. The van der Waals surface area contributed by atoms with Crippen molar-refractivity contribution in [3.8, 4) is 0 Å². The number of carboxylic acid groups (broad SMARTS) is 1. The molecule has 1 aliphatic carbocycles. The zero-order valence-corrected chi connectivity index (χ0v) is 12.5. The molecule has 0 saturated heterocycles. The van der Waals surface area contributed by atoms with Crippen LogP contribution in [0, 0.1) is 5.92 Å². The van der Waals surface area contributed by atoms with Crippen molar-refractivity contribution in [2.45, 2.75) is 31.0 Å². The van der Waals surface area contributed by atoms with E-state index in [-0.39, 0.29) is 5.75 Å². The molecule has 0 spiro atoms. The normalized spacial score (nSPS) is 14.8. The predicted octanol–water partition coefficient (Wildman–Crippen LogP) is 3.67. The molecule has 1 aromatic carbocycles. The minimum atomic E-state index is -0.825. The molecule has 1 aromatic heterocycles. The highest BCUT2D eigenvalue weighted by Crippen LogP contribution is 2.34. The van der Waals surface area contributed by atoms with Crippen LogP contribution in [0.15, 0.2) is 23.4 Å². The van der Waals surface area contributed by atoms with Crippen LogP contribution in [0.25, 0.3) is 11.0 Å². The third-order valence-electron chi connectivity index (χ3n) is 3.46. The number of halogens is 1. The lowest BCUT2D eigenvalue weighted by Crippen LogP contribution is -2.04. The van der Waals surface area contributed by atoms with E-state index in [4.69, 9.17) is 16.7 Å². The molecule has 0 aliphatic heterocycles. The van der Waals surface area contributed by atoms with Crippen LogP contribution in [0.3, 0.4) is 0 Å². The van der Waals surface area contributed by atoms with E-state index >= 15 is 0 Å². The number of thioether (sulfide) groups is 1. The molecular weight excluding hydrogens is 296 g/mol. The van der Waals surface area contributed by atoms with Crippen molar-refractivity contribution < 1.29 is 9.90 Å². The average molecular weight is 311 g/mol. The van der Waals surface area contributed by atoms with E-state index in [0.29, 0.717) is 5.02 Å². The summed E-state index contributed by atoms with van der Waals surface area (Å²) in [6.07, 6.45) is 3.74. The van der Waals surface area contributed by atoms with Crippen LogP contribution in [-0.2, 0) is 11.3 Å². The maximum atomic E-state index is 10.8. The van der Waals surface area contributed by atoms with E-state index in [1.54, 1.807) is 0 Å². The molecule has 4 nitrogen and oxygen atoms in total. The number of benzene rings is 1. The predicted molar refractivity (Wildman–Crippen MR) is 80.4 cm³/mol. The molecule has 1 saturated carbocycles. The Labute approximate surface area is 126 Å². The number of fused-ring (bicyclic) bond motifs is 1. The zero-order valence-electron chi connectivity index (χ0n) is 10.9. The van der Waals surface area contributed by atoms with Gasteiger partial charge in [-0.05, 0) is 30.5 Å². The van der Waals surface area contributed by atoms with Gasteiger partial charge in [0.25, 0.3) is 0 Å². The van der Waals surface area contributed by atoms with E-state index in [0.717, 1.165) is 35.1 Å². The summed E-state index contributed by atoms with van der Waals surface area (Å²) in [6.45, 7) is 0.878. The van der Waals surface area contributed by atoms with E-state index in [2.05, 4.69) is 9.55 Å². The van der Waals surface area contributed by atoms with Crippen molar-refractivity contribution in [1.82, 2.24) is 9.55 Å². The first-order valence-corrected chi connectivity index (χ1v) is 8.00. The lowest BCUT2D eigenvalue weighted by molar-refractivity contribution is -0.133. The monoisotopic (exact) mass is 310 g/mol. The number of aliphatic carboxylic acids is 1. The van der Waals surface area contributed by atoms with Crippen molar-refractivity contribution in [2.24, 2.45) is 5.92 Å². The molecule has 1 N–H and O–H groups in total. The molecule has 3 rings (SSSR count). The van der Waals surface area contributed by atoms with Crippen LogP contribution >= 0.6 is 23.4 Å². The van der Waals surface area contributed by atoms with Gasteiger partial charge in [-0.25, -0.2) is 4.98 Å². The first-order chi connectivity index (χ1) is 9.63. The van der Waals surface area contributed by atoms with Gasteiger partial charge < -0.3 is 9.67 Å². The van der Waals surface area contributed by atoms with Crippen LogP contribution in [0.2, 0.25) is 5.02 Å². The van der Waals surface area contributed by atoms with Gasteiger partial charge in [-0.3, -0.25) is 4.79 Å². The molecule has 0 unspecified atom stereocenters. The van der Waals surface area contributed by atoms with E-state index < -0.39 is 5.97 Å². The SMILES string of the molecule is O=C(O)CSc1nc2ccc(Cl)cc2n1CCC1CC1. The number of hydrogen-bond donors (Lipinski definition) is 1. The molecular formula is C14H15ClN2O2S. The van der Waals surface area contributed by atoms with Crippen LogP contribution in [0.1, 0.15) is 19.3 Å². The van der Waals surface area contributed by atoms with Gasteiger partial charge in [-0.1, -0.05) is 36.2 Å². The fourth-order valence-corrected chi connectivity index (χ4v) is 3.17. The van der Waals surface area contributed by atoms with Crippen molar-refractivity contribution in [3.63, 3.8) is 0 Å². The number of carboxylic acids is 1. The Morgan fingerprint density at radius 2 is 2.30 bits per heavy atom. The Balaban J connectivity index is 1.92. The van der Waals surface area contributed by atoms with Crippen molar-refractivity contribution in [2.75, 3.05) is 5.75 Å². The molecule has 1 aliphatic rings. The van der Waals surface area contributed by atoms with Crippen LogP contribution in [-0.4, -0.2) is 26.4 Å². The Bertz CT molecular complexity index is 652. The Kier molecular flexibility index (Phi) is 3.89. The highest BCUT2D eigenvalue weighted by atomic mass is 35.5.